The molecule has 1 spiro atoms. The second-order valence-corrected chi connectivity index (χ2v) is 3.76. The molecule has 2 aliphatic rings. The highest BCUT2D eigenvalue weighted by Crippen LogP contribution is 2.33. The van der Waals surface area contributed by atoms with Crippen LogP contribution in [0, 0.1) is 0 Å². The first-order chi connectivity index (χ1) is 5.72. The quantitative estimate of drug-likeness (QED) is 0.556. The van der Waals surface area contributed by atoms with Crippen molar-refractivity contribution in [3.63, 3.8) is 0 Å². The molecule has 0 bridgehead atoms. The molecule has 0 unspecified atom stereocenters. The van der Waals surface area contributed by atoms with Gasteiger partial charge in [-0.05, 0) is 19.3 Å². The van der Waals surface area contributed by atoms with Crippen molar-refractivity contribution < 1.29 is 9.90 Å². The van der Waals surface area contributed by atoms with Gasteiger partial charge in [-0.3, -0.25) is 0 Å². The lowest BCUT2D eigenvalue weighted by atomic mass is 9.75. The van der Waals surface area contributed by atoms with Gasteiger partial charge in [0.05, 0.1) is 0 Å². The molecule has 2 rings (SSSR count). The average Bonchev–Trinajstić information content (AvgIpc) is 2.02. The summed E-state index contributed by atoms with van der Waals surface area (Å²) in [6, 6.07) is 0. The van der Waals surface area contributed by atoms with Gasteiger partial charge in [-0.25, -0.2) is 4.79 Å². The van der Waals surface area contributed by atoms with Gasteiger partial charge < -0.3 is 15.3 Å². The summed E-state index contributed by atoms with van der Waals surface area (Å²) in [6.07, 6.45) is 2.73. The van der Waals surface area contributed by atoms with E-state index in [1.54, 1.807) is 0 Å². The third kappa shape index (κ3) is 1.16. The summed E-state index contributed by atoms with van der Waals surface area (Å²) < 4.78 is 0. The van der Waals surface area contributed by atoms with Gasteiger partial charge in [0.25, 0.3) is 0 Å². The Bertz CT molecular complexity index is 201. The standard InChI is InChI=1S/C8H14N2O2/c11-7(12)10-5-4-9-8(6-10)2-1-3-8/h9H,1-6H2,(H,11,12). The van der Waals surface area contributed by atoms with Crippen molar-refractivity contribution in [2.45, 2.75) is 24.8 Å². The molecule has 1 saturated heterocycles. The molecule has 1 aliphatic carbocycles. The van der Waals surface area contributed by atoms with E-state index in [-0.39, 0.29) is 5.54 Å². The van der Waals surface area contributed by atoms with Crippen molar-refractivity contribution in [3.8, 4) is 0 Å². The number of hydrogen-bond donors (Lipinski definition) is 2. The average molecular weight is 170 g/mol. The minimum absolute atomic E-state index is 0.149. The van der Waals surface area contributed by atoms with E-state index in [9.17, 15) is 4.79 Å². The number of carboxylic acid groups (broad SMARTS) is 1. The van der Waals surface area contributed by atoms with Gasteiger partial charge >= 0.3 is 6.09 Å². The molecular weight excluding hydrogens is 156 g/mol. The predicted molar refractivity (Wildman–Crippen MR) is 44.2 cm³/mol. The van der Waals surface area contributed by atoms with Crippen LogP contribution >= 0.6 is 0 Å². The maximum Gasteiger partial charge on any atom is 0.407 e. The van der Waals surface area contributed by atoms with Crippen molar-refractivity contribution >= 4 is 6.09 Å². The predicted octanol–water partition coefficient (Wildman–Crippen LogP) is 0.492. The van der Waals surface area contributed by atoms with Crippen LogP contribution in [0.15, 0.2) is 0 Å². The molecule has 0 atom stereocenters. The Kier molecular flexibility index (Phi) is 1.72. The van der Waals surface area contributed by atoms with Gasteiger partial charge in [0, 0.05) is 25.2 Å². The zero-order valence-electron chi connectivity index (χ0n) is 7.05. The molecule has 0 aromatic heterocycles. The van der Waals surface area contributed by atoms with Gasteiger partial charge in [-0.15, -0.1) is 0 Å². The maximum atomic E-state index is 10.7. The first-order valence-electron chi connectivity index (χ1n) is 4.45. The SMILES string of the molecule is O=C(O)N1CCNC2(CCC2)C1. The van der Waals surface area contributed by atoms with E-state index in [4.69, 9.17) is 5.11 Å². The smallest absolute Gasteiger partial charge is 0.407 e. The molecule has 0 aromatic rings. The number of nitrogens with zero attached hydrogens (tertiary/aromatic N) is 1. The summed E-state index contributed by atoms with van der Waals surface area (Å²) in [5.74, 6) is 0. The van der Waals surface area contributed by atoms with Crippen LogP contribution in [0.25, 0.3) is 0 Å². The van der Waals surface area contributed by atoms with E-state index >= 15 is 0 Å². The van der Waals surface area contributed by atoms with Crippen molar-refractivity contribution in [2.24, 2.45) is 0 Å². The van der Waals surface area contributed by atoms with E-state index in [1.807, 2.05) is 0 Å². The first-order valence-corrected chi connectivity index (χ1v) is 4.45. The van der Waals surface area contributed by atoms with Crippen LogP contribution in [0.3, 0.4) is 0 Å². The highest BCUT2D eigenvalue weighted by atomic mass is 16.4. The zero-order valence-corrected chi connectivity index (χ0v) is 7.05. The van der Waals surface area contributed by atoms with Crippen molar-refractivity contribution in [1.82, 2.24) is 10.2 Å². The largest absolute Gasteiger partial charge is 0.465 e. The van der Waals surface area contributed by atoms with Crippen LogP contribution in [0.1, 0.15) is 19.3 Å². The van der Waals surface area contributed by atoms with E-state index in [1.165, 1.54) is 11.3 Å². The number of carbonyl (C=O) groups is 1. The van der Waals surface area contributed by atoms with Crippen LogP contribution in [-0.2, 0) is 0 Å². The van der Waals surface area contributed by atoms with Crippen molar-refractivity contribution in [2.75, 3.05) is 19.6 Å². The summed E-state index contributed by atoms with van der Waals surface area (Å²) in [5.41, 5.74) is 0.149. The third-order valence-corrected chi connectivity index (χ3v) is 2.96. The number of nitrogens with one attached hydrogen (secondary N) is 1. The molecule has 1 heterocycles. The fourth-order valence-corrected chi connectivity index (χ4v) is 2.06. The molecule has 1 amide bonds. The summed E-state index contributed by atoms with van der Waals surface area (Å²) in [7, 11) is 0. The van der Waals surface area contributed by atoms with Crippen LogP contribution in [0.2, 0.25) is 0 Å². The Morgan fingerprint density at radius 3 is 2.75 bits per heavy atom. The summed E-state index contributed by atoms with van der Waals surface area (Å²) >= 11 is 0. The second-order valence-electron chi connectivity index (χ2n) is 3.76. The first kappa shape index (κ1) is 7.86. The molecule has 1 aliphatic heterocycles. The lowest BCUT2D eigenvalue weighted by Gasteiger charge is -2.48. The molecule has 1 saturated carbocycles. The number of amides is 1. The molecule has 2 fully saturated rings. The van der Waals surface area contributed by atoms with Crippen LogP contribution in [0.5, 0.6) is 0 Å². The topological polar surface area (TPSA) is 52.6 Å². The summed E-state index contributed by atoms with van der Waals surface area (Å²) in [5, 5.41) is 12.2. The van der Waals surface area contributed by atoms with Gasteiger partial charge in [-0.1, -0.05) is 0 Å². The van der Waals surface area contributed by atoms with Crippen LogP contribution in [-0.4, -0.2) is 41.3 Å². The molecule has 4 nitrogen and oxygen atoms in total. The lowest BCUT2D eigenvalue weighted by molar-refractivity contribution is 0.0661. The van der Waals surface area contributed by atoms with E-state index in [0.29, 0.717) is 13.1 Å². The van der Waals surface area contributed by atoms with E-state index in [2.05, 4.69) is 5.32 Å². The number of hydrogen-bond acceptors (Lipinski definition) is 2. The maximum absolute atomic E-state index is 10.7. The van der Waals surface area contributed by atoms with Gasteiger partial charge in [0.1, 0.15) is 0 Å². The molecule has 4 heteroatoms. The van der Waals surface area contributed by atoms with E-state index < -0.39 is 6.09 Å². The van der Waals surface area contributed by atoms with Crippen molar-refractivity contribution in [3.05, 3.63) is 0 Å². The molecular formula is C8H14N2O2. The van der Waals surface area contributed by atoms with Gasteiger partial charge in [0.15, 0.2) is 0 Å². The number of rotatable bonds is 0. The Morgan fingerprint density at radius 2 is 2.25 bits per heavy atom. The fourth-order valence-electron chi connectivity index (χ4n) is 2.06. The Morgan fingerprint density at radius 1 is 1.50 bits per heavy atom. The monoisotopic (exact) mass is 170 g/mol. The lowest BCUT2D eigenvalue weighted by Crippen LogP contribution is -2.64. The Labute approximate surface area is 71.5 Å². The normalized spacial score (nSPS) is 26.8. The van der Waals surface area contributed by atoms with Gasteiger partial charge in [0.2, 0.25) is 0 Å². The van der Waals surface area contributed by atoms with Gasteiger partial charge in [-0.2, -0.15) is 0 Å². The zero-order chi connectivity index (χ0) is 8.60. The van der Waals surface area contributed by atoms with Crippen LogP contribution in [0.4, 0.5) is 4.79 Å². The highest BCUT2D eigenvalue weighted by molar-refractivity contribution is 5.65. The minimum atomic E-state index is -0.775. The fraction of sp³-hybridized carbons (Fsp3) is 0.875. The second kappa shape index (κ2) is 2.62. The van der Waals surface area contributed by atoms with Crippen LogP contribution < -0.4 is 5.32 Å². The minimum Gasteiger partial charge on any atom is -0.465 e. The molecule has 68 valence electrons. The highest BCUT2D eigenvalue weighted by Gasteiger charge is 2.41. The Hall–Kier alpha value is -0.770. The Balaban J connectivity index is 1.98. The molecule has 2 N–H and O–H groups in total. The van der Waals surface area contributed by atoms with Crippen molar-refractivity contribution in [1.29, 1.82) is 0 Å². The number of piperazine rings is 1. The van der Waals surface area contributed by atoms with E-state index in [0.717, 1.165) is 19.4 Å². The molecule has 0 aromatic carbocycles. The summed E-state index contributed by atoms with van der Waals surface area (Å²) in [6.45, 7) is 2.13. The molecule has 12 heavy (non-hydrogen) atoms. The summed E-state index contributed by atoms with van der Waals surface area (Å²) in [4.78, 5) is 12.2. The third-order valence-electron chi connectivity index (χ3n) is 2.96. The molecule has 0 radical (unpaired) electrons.